The Hall–Kier alpha value is -0.650. The van der Waals surface area contributed by atoms with Gasteiger partial charge < -0.3 is 15.1 Å². The standard InChI is InChI=1S/C14H26N4S/c1-11(2)15-8-13-9-16-14(19-13)18-7-5-6-12(18)10-17(3)4/h9,11-12,15H,5-8,10H2,1-4H3. The molecule has 0 amide bonds. The zero-order chi connectivity index (χ0) is 13.8. The predicted molar refractivity (Wildman–Crippen MR) is 83.0 cm³/mol. The first-order valence-electron chi connectivity index (χ1n) is 7.15. The van der Waals surface area contributed by atoms with Crippen LogP contribution in [0.4, 0.5) is 5.13 Å². The lowest BCUT2D eigenvalue weighted by Crippen LogP contribution is -2.37. The molecule has 0 radical (unpaired) electrons. The lowest BCUT2D eigenvalue weighted by atomic mass is 10.2. The molecule has 0 aromatic carbocycles. The molecule has 4 nitrogen and oxygen atoms in total. The van der Waals surface area contributed by atoms with Crippen molar-refractivity contribution in [2.45, 2.75) is 45.3 Å². The molecule has 0 bridgehead atoms. The van der Waals surface area contributed by atoms with Gasteiger partial charge in [-0.25, -0.2) is 4.98 Å². The molecule has 1 aromatic rings. The van der Waals surface area contributed by atoms with Crippen LogP contribution in [-0.4, -0.2) is 49.2 Å². The monoisotopic (exact) mass is 282 g/mol. The van der Waals surface area contributed by atoms with E-state index < -0.39 is 0 Å². The van der Waals surface area contributed by atoms with Gasteiger partial charge in [-0.2, -0.15) is 0 Å². The predicted octanol–water partition coefficient (Wildman–Crippen LogP) is 2.17. The van der Waals surface area contributed by atoms with E-state index in [9.17, 15) is 0 Å². The highest BCUT2D eigenvalue weighted by Crippen LogP contribution is 2.29. The van der Waals surface area contributed by atoms with Crippen LogP contribution in [0.5, 0.6) is 0 Å². The van der Waals surface area contributed by atoms with E-state index in [0.29, 0.717) is 12.1 Å². The topological polar surface area (TPSA) is 31.4 Å². The van der Waals surface area contributed by atoms with Gasteiger partial charge in [-0.3, -0.25) is 0 Å². The van der Waals surface area contributed by atoms with Gasteiger partial charge in [0.25, 0.3) is 0 Å². The Bertz CT molecular complexity index is 389. The van der Waals surface area contributed by atoms with Crippen molar-refractivity contribution < 1.29 is 0 Å². The fourth-order valence-corrected chi connectivity index (χ4v) is 3.47. The van der Waals surface area contributed by atoms with E-state index in [2.05, 4.69) is 48.0 Å². The summed E-state index contributed by atoms with van der Waals surface area (Å²) in [6.07, 6.45) is 4.61. The van der Waals surface area contributed by atoms with Crippen LogP contribution in [0, 0.1) is 0 Å². The van der Waals surface area contributed by atoms with Gasteiger partial charge in [-0.05, 0) is 26.9 Å². The second kappa shape index (κ2) is 6.68. The fourth-order valence-electron chi connectivity index (χ4n) is 2.52. The quantitative estimate of drug-likeness (QED) is 0.866. The molecule has 1 aromatic heterocycles. The first kappa shape index (κ1) is 14.8. The number of nitrogens with zero attached hydrogens (tertiary/aromatic N) is 3. The second-order valence-electron chi connectivity index (χ2n) is 5.90. The minimum Gasteiger partial charge on any atom is -0.344 e. The molecule has 0 aliphatic carbocycles. The summed E-state index contributed by atoms with van der Waals surface area (Å²) in [5, 5.41) is 4.65. The molecule has 0 spiro atoms. The Kier molecular flexibility index (Phi) is 5.19. The Morgan fingerprint density at radius 2 is 2.32 bits per heavy atom. The molecule has 1 fully saturated rings. The summed E-state index contributed by atoms with van der Waals surface area (Å²) in [6, 6.07) is 1.16. The van der Waals surface area contributed by atoms with Crippen LogP contribution in [0.3, 0.4) is 0 Å². The SMILES string of the molecule is CC(C)NCc1cnc(N2CCCC2CN(C)C)s1. The molecule has 1 aliphatic heterocycles. The Morgan fingerprint density at radius 3 is 3.00 bits per heavy atom. The zero-order valence-corrected chi connectivity index (χ0v) is 13.3. The van der Waals surface area contributed by atoms with Gasteiger partial charge in [0.2, 0.25) is 0 Å². The summed E-state index contributed by atoms with van der Waals surface area (Å²) >= 11 is 1.84. The van der Waals surface area contributed by atoms with E-state index >= 15 is 0 Å². The summed E-state index contributed by atoms with van der Waals surface area (Å²) in [4.78, 5) is 10.7. The molecule has 1 unspecified atom stereocenters. The summed E-state index contributed by atoms with van der Waals surface area (Å²) < 4.78 is 0. The van der Waals surface area contributed by atoms with Gasteiger partial charge in [0.05, 0.1) is 0 Å². The van der Waals surface area contributed by atoms with Gasteiger partial charge in [0.15, 0.2) is 5.13 Å². The van der Waals surface area contributed by atoms with Crippen molar-refractivity contribution in [3.05, 3.63) is 11.1 Å². The Morgan fingerprint density at radius 1 is 1.53 bits per heavy atom. The normalized spacial score (nSPS) is 19.9. The second-order valence-corrected chi connectivity index (χ2v) is 6.99. The zero-order valence-electron chi connectivity index (χ0n) is 12.5. The molecule has 19 heavy (non-hydrogen) atoms. The first-order chi connectivity index (χ1) is 9.06. The minimum atomic E-state index is 0.527. The average Bonchev–Trinajstić information content (AvgIpc) is 2.93. The molecule has 0 saturated carbocycles. The van der Waals surface area contributed by atoms with Crippen molar-refractivity contribution in [1.29, 1.82) is 0 Å². The number of likely N-dealkylation sites (N-methyl/N-ethyl adjacent to an activating group) is 1. The van der Waals surface area contributed by atoms with E-state index in [0.717, 1.165) is 19.6 Å². The summed E-state index contributed by atoms with van der Waals surface area (Å²) in [6.45, 7) is 7.56. The minimum absolute atomic E-state index is 0.527. The van der Waals surface area contributed by atoms with Crippen molar-refractivity contribution in [3.8, 4) is 0 Å². The first-order valence-corrected chi connectivity index (χ1v) is 7.97. The van der Waals surface area contributed by atoms with Crippen molar-refractivity contribution in [1.82, 2.24) is 15.2 Å². The number of nitrogens with one attached hydrogen (secondary N) is 1. The smallest absolute Gasteiger partial charge is 0.185 e. The number of hydrogen-bond acceptors (Lipinski definition) is 5. The van der Waals surface area contributed by atoms with Crippen LogP contribution in [0.25, 0.3) is 0 Å². The van der Waals surface area contributed by atoms with Crippen molar-refractivity contribution in [3.63, 3.8) is 0 Å². The van der Waals surface area contributed by atoms with E-state index in [1.807, 2.05) is 17.5 Å². The molecule has 1 saturated heterocycles. The third kappa shape index (κ3) is 4.16. The molecule has 108 valence electrons. The molecular weight excluding hydrogens is 256 g/mol. The highest BCUT2D eigenvalue weighted by Gasteiger charge is 2.27. The molecule has 2 heterocycles. The highest BCUT2D eigenvalue weighted by atomic mass is 32.1. The van der Waals surface area contributed by atoms with Crippen molar-refractivity contribution in [2.24, 2.45) is 0 Å². The number of hydrogen-bond donors (Lipinski definition) is 1. The maximum Gasteiger partial charge on any atom is 0.185 e. The van der Waals surface area contributed by atoms with Crippen LogP contribution in [-0.2, 0) is 6.54 Å². The van der Waals surface area contributed by atoms with Crippen LogP contribution in [0.1, 0.15) is 31.6 Å². The molecular formula is C14H26N4S. The summed E-state index contributed by atoms with van der Waals surface area (Å²) in [7, 11) is 4.30. The lowest BCUT2D eigenvalue weighted by molar-refractivity contribution is 0.372. The Balaban J connectivity index is 1.97. The summed E-state index contributed by atoms with van der Waals surface area (Å²) in [5.74, 6) is 0. The Labute approximate surface area is 120 Å². The molecule has 1 aliphatic rings. The van der Waals surface area contributed by atoms with E-state index in [-0.39, 0.29) is 0 Å². The maximum atomic E-state index is 4.62. The van der Waals surface area contributed by atoms with E-state index in [4.69, 9.17) is 0 Å². The van der Waals surface area contributed by atoms with Crippen LogP contribution >= 0.6 is 11.3 Å². The third-order valence-corrected chi connectivity index (χ3v) is 4.46. The highest BCUT2D eigenvalue weighted by molar-refractivity contribution is 7.15. The van der Waals surface area contributed by atoms with E-state index in [1.54, 1.807) is 0 Å². The van der Waals surface area contributed by atoms with Crippen LogP contribution < -0.4 is 10.2 Å². The fraction of sp³-hybridized carbons (Fsp3) is 0.786. The molecule has 5 heteroatoms. The molecule has 1 N–H and O–H groups in total. The van der Waals surface area contributed by atoms with Gasteiger partial charge in [0, 0.05) is 42.8 Å². The number of rotatable bonds is 6. The van der Waals surface area contributed by atoms with Gasteiger partial charge in [-0.15, -0.1) is 11.3 Å². The number of thiazole rings is 1. The van der Waals surface area contributed by atoms with Gasteiger partial charge in [-0.1, -0.05) is 13.8 Å². The summed E-state index contributed by atoms with van der Waals surface area (Å²) in [5.41, 5.74) is 0. The van der Waals surface area contributed by atoms with Gasteiger partial charge in [0.1, 0.15) is 0 Å². The largest absolute Gasteiger partial charge is 0.344 e. The average molecular weight is 282 g/mol. The maximum absolute atomic E-state index is 4.62. The molecule has 2 rings (SSSR count). The third-order valence-electron chi connectivity index (χ3n) is 3.42. The van der Waals surface area contributed by atoms with E-state index in [1.165, 1.54) is 22.9 Å². The number of anilines is 1. The lowest BCUT2D eigenvalue weighted by Gasteiger charge is -2.26. The van der Waals surface area contributed by atoms with Crippen LogP contribution in [0.15, 0.2) is 6.20 Å². The van der Waals surface area contributed by atoms with Gasteiger partial charge >= 0.3 is 0 Å². The van der Waals surface area contributed by atoms with Crippen molar-refractivity contribution in [2.75, 3.05) is 32.1 Å². The number of aromatic nitrogens is 1. The molecule has 1 atom stereocenters. The van der Waals surface area contributed by atoms with Crippen LogP contribution in [0.2, 0.25) is 0 Å². The van der Waals surface area contributed by atoms with Crippen molar-refractivity contribution >= 4 is 16.5 Å².